The van der Waals surface area contributed by atoms with E-state index in [0.717, 1.165) is 18.4 Å². The van der Waals surface area contributed by atoms with E-state index in [2.05, 4.69) is 5.32 Å². The molecule has 0 atom stereocenters. The van der Waals surface area contributed by atoms with E-state index in [-0.39, 0.29) is 5.69 Å². The second-order valence-electron chi connectivity index (χ2n) is 4.41. The molecule has 0 aromatic heterocycles. The van der Waals surface area contributed by atoms with Gasteiger partial charge in [0, 0.05) is 6.54 Å². The Morgan fingerprint density at radius 2 is 2.24 bits per heavy atom. The summed E-state index contributed by atoms with van der Waals surface area (Å²) in [6.45, 7) is 0.662. The maximum absolute atomic E-state index is 13.3. The highest BCUT2D eigenvalue weighted by atomic mass is 19.1. The van der Waals surface area contributed by atoms with Crippen molar-refractivity contribution in [2.45, 2.75) is 25.7 Å². The summed E-state index contributed by atoms with van der Waals surface area (Å²) in [5.74, 6) is -0.0567. The fraction of sp³-hybridized carbons (Fsp3) is 0.500. The van der Waals surface area contributed by atoms with Gasteiger partial charge in [-0.05, 0) is 24.5 Å². The number of para-hydroxylation sites is 1. The van der Waals surface area contributed by atoms with Gasteiger partial charge in [0.15, 0.2) is 0 Å². The van der Waals surface area contributed by atoms with Crippen LogP contribution in [0, 0.1) is 21.8 Å². The SMILES string of the molecule is O=[N+]([O-])c1c(F)cccc1NCCC1CCC1. The normalized spacial score (nSPS) is 15.4. The zero-order valence-electron chi connectivity index (χ0n) is 9.49. The van der Waals surface area contributed by atoms with Crippen LogP contribution in [-0.4, -0.2) is 11.5 Å². The van der Waals surface area contributed by atoms with E-state index in [9.17, 15) is 14.5 Å². The molecule has 1 aromatic rings. The number of benzene rings is 1. The molecule has 0 unspecified atom stereocenters. The summed E-state index contributed by atoms with van der Waals surface area (Å²) in [5, 5.41) is 13.7. The van der Waals surface area contributed by atoms with Crippen molar-refractivity contribution in [1.29, 1.82) is 0 Å². The van der Waals surface area contributed by atoms with Crippen LogP contribution in [0.3, 0.4) is 0 Å². The van der Waals surface area contributed by atoms with E-state index in [4.69, 9.17) is 0 Å². The first-order valence-corrected chi connectivity index (χ1v) is 5.85. The number of nitrogens with one attached hydrogen (secondary N) is 1. The second-order valence-corrected chi connectivity index (χ2v) is 4.41. The van der Waals surface area contributed by atoms with Gasteiger partial charge in [-0.15, -0.1) is 0 Å². The van der Waals surface area contributed by atoms with E-state index < -0.39 is 16.4 Å². The van der Waals surface area contributed by atoms with E-state index in [1.807, 2.05) is 0 Å². The predicted octanol–water partition coefficient (Wildman–Crippen LogP) is 3.34. The van der Waals surface area contributed by atoms with Crippen LogP contribution >= 0.6 is 0 Å². The Bertz CT molecular complexity index is 419. The van der Waals surface area contributed by atoms with Crippen LogP contribution < -0.4 is 5.32 Å². The van der Waals surface area contributed by atoms with Crippen LogP contribution in [0.1, 0.15) is 25.7 Å². The Kier molecular flexibility index (Phi) is 3.56. The average Bonchev–Trinajstić information content (AvgIpc) is 2.21. The Morgan fingerprint density at radius 1 is 1.47 bits per heavy atom. The van der Waals surface area contributed by atoms with Crippen molar-refractivity contribution in [2.75, 3.05) is 11.9 Å². The number of nitrogens with zero attached hydrogens (tertiary/aromatic N) is 1. The fourth-order valence-corrected chi connectivity index (χ4v) is 2.04. The van der Waals surface area contributed by atoms with Crippen molar-refractivity contribution in [3.63, 3.8) is 0 Å². The van der Waals surface area contributed by atoms with Crippen molar-refractivity contribution in [1.82, 2.24) is 0 Å². The number of hydrogen-bond donors (Lipinski definition) is 1. The molecule has 2 rings (SSSR count). The lowest BCUT2D eigenvalue weighted by atomic mass is 9.83. The van der Waals surface area contributed by atoms with Crippen LogP contribution in [0.25, 0.3) is 0 Å². The van der Waals surface area contributed by atoms with Gasteiger partial charge in [0.2, 0.25) is 5.82 Å². The first-order chi connectivity index (χ1) is 8.18. The lowest BCUT2D eigenvalue weighted by Gasteiger charge is -2.25. The molecular formula is C12H15FN2O2. The Hall–Kier alpha value is -1.65. The van der Waals surface area contributed by atoms with Gasteiger partial charge in [-0.2, -0.15) is 4.39 Å². The van der Waals surface area contributed by atoms with E-state index in [0.29, 0.717) is 6.54 Å². The van der Waals surface area contributed by atoms with Crippen LogP contribution in [0.2, 0.25) is 0 Å². The van der Waals surface area contributed by atoms with Crippen LogP contribution in [0.4, 0.5) is 15.8 Å². The summed E-state index contributed by atoms with van der Waals surface area (Å²) >= 11 is 0. The third-order valence-electron chi connectivity index (χ3n) is 3.26. The molecule has 1 fully saturated rings. The summed E-state index contributed by atoms with van der Waals surface area (Å²) in [6, 6.07) is 4.13. The molecule has 0 aliphatic heterocycles. The first kappa shape index (κ1) is 11.8. The van der Waals surface area contributed by atoms with Crippen molar-refractivity contribution in [2.24, 2.45) is 5.92 Å². The van der Waals surface area contributed by atoms with Gasteiger partial charge in [-0.3, -0.25) is 10.1 Å². The quantitative estimate of drug-likeness (QED) is 0.632. The lowest BCUT2D eigenvalue weighted by Crippen LogP contribution is -2.16. The van der Waals surface area contributed by atoms with E-state index >= 15 is 0 Å². The largest absolute Gasteiger partial charge is 0.379 e. The summed E-state index contributed by atoms with van der Waals surface area (Å²) in [7, 11) is 0. The van der Waals surface area contributed by atoms with Gasteiger partial charge >= 0.3 is 5.69 Å². The Labute approximate surface area is 99.0 Å². The molecular weight excluding hydrogens is 223 g/mol. The summed E-state index contributed by atoms with van der Waals surface area (Å²) in [4.78, 5) is 10.1. The highest BCUT2D eigenvalue weighted by Crippen LogP contribution is 2.30. The smallest absolute Gasteiger partial charge is 0.327 e. The maximum atomic E-state index is 13.3. The van der Waals surface area contributed by atoms with Crippen LogP contribution in [0.5, 0.6) is 0 Å². The molecule has 17 heavy (non-hydrogen) atoms. The number of halogens is 1. The zero-order valence-corrected chi connectivity index (χ0v) is 9.49. The molecule has 4 nitrogen and oxygen atoms in total. The van der Waals surface area contributed by atoms with Gasteiger partial charge in [0.25, 0.3) is 0 Å². The van der Waals surface area contributed by atoms with Gasteiger partial charge in [-0.25, -0.2) is 0 Å². The average molecular weight is 238 g/mol. The molecule has 1 aliphatic rings. The summed E-state index contributed by atoms with van der Waals surface area (Å²) in [6.07, 6.45) is 4.76. The van der Waals surface area contributed by atoms with Gasteiger partial charge in [0.05, 0.1) is 4.92 Å². The van der Waals surface area contributed by atoms with Gasteiger partial charge in [0.1, 0.15) is 5.69 Å². The molecule has 5 heteroatoms. The predicted molar refractivity (Wildman–Crippen MR) is 63.5 cm³/mol. The number of rotatable bonds is 5. The highest BCUT2D eigenvalue weighted by Gasteiger charge is 2.20. The molecule has 0 saturated heterocycles. The summed E-state index contributed by atoms with van der Waals surface area (Å²) in [5.41, 5.74) is -0.185. The Balaban J connectivity index is 1.98. The molecule has 1 N–H and O–H groups in total. The lowest BCUT2D eigenvalue weighted by molar-refractivity contribution is -0.386. The number of nitro benzene ring substituents is 1. The van der Waals surface area contributed by atoms with Crippen molar-refractivity contribution in [3.05, 3.63) is 34.1 Å². The van der Waals surface area contributed by atoms with Gasteiger partial charge < -0.3 is 5.32 Å². The monoisotopic (exact) mass is 238 g/mol. The third-order valence-corrected chi connectivity index (χ3v) is 3.26. The molecule has 0 spiro atoms. The van der Waals surface area contributed by atoms with E-state index in [1.165, 1.54) is 25.3 Å². The topological polar surface area (TPSA) is 55.2 Å². The highest BCUT2D eigenvalue weighted by molar-refractivity contribution is 5.61. The molecule has 0 radical (unpaired) electrons. The fourth-order valence-electron chi connectivity index (χ4n) is 2.04. The molecule has 1 aromatic carbocycles. The molecule has 0 heterocycles. The number of nitro groups is 1. The van der Waals surface area contributed by atoms with Crippen molar-refractivity contribution < 1.29 is 9.31 Å². The second kappa shape index (κ2) is 5.12. The maximum Gasteiger partial charge on any atom is 0.327 e. The number of hydrogen-bond acceptors (Lipinski definition) is 3. The van der Waals surface area contributed by atoms with Crippen LogP contribution in [-0.2, 0) is 0 Å². The molecule has 1 aliphatic carbocycles. The van der Waals surface area contributed by atoms with Gasteiger partial charge in [-0.1, -0.05) is 25.3 Å². The minimum atomic E-state index is -0.788. The molecule has 0 amide bonds. The zero-order chi connectivity index (χ0) is 12.3. The minimum absolute atomic E-state index is 0.273. The molecule has 0 bridgehead atoms. The van der Waals surface area contributed by atoms with Crippen molar-refractivity contribution in [3.8, 4) is 0 Å². The van der Waals surface area contributed by atoms with E-state index in [1.54, 1.807) is 6.07 Å². The third kappa shape index (κ3) is 2.72. The van der Waals surface area contributed by atoms with Crippen molar-refractivity contribution >= 4 is 11.4 Å². The summed E-state index contributed by atoms with van der Waals surface area (Å²) < 4.78 is 13.3. The Morgan fingerprint density at radius 3 is 2.82 bits per heavy atom. The standard InChI is InChI=1S/C12H15FN2O2/c13-10-5-2-6-11(12(10)15(16)17)14-8-7-9-3-1-4-9/h2,5-6,9,14H,1,3-4,7-8H2. The molecule has 1 saturated carbocycles. The number of anilines is 1. The molecule has 92 valence electrons. The minimum Gasteiger partial charge on any atom is -0.379 e. The first-order valence-electron chi connectivity index (χ1n) is 5.85. The van der Waals surface area contributed by atoms with Crippen LogP contribution in [0.15, 0.2) is 18.2 Å².